The van der Waals surface area contributed by atoms with Crippen molar-refractivity contribution < 1.29 is 9.90 Å². The number of hydrogen-bond acceptors (Lipinski definition) is 3. The van der Waals surface area contributed by atoms with Crippen molar-refractivity contribution in [2.45, 2.75) is 24.8 Å². The number of hydrogen-bond donors (Lipinski definition) is 1. The third-order valence-corrected chi connectivity index (χ3v) is 3.83. The van der Waals surface area contributed by atoms with Gasteiger partial charge in [-0.2, -0.15) is 0 Å². The van der Waals surface area contributed by atoms with Crippen LogP contribution < -0.4 is 0 Å². The normalized spacial score (nSPS) is 29.7. The predicted molar refractivity (Wildman–Crippen MR) is 61.7 cm³/mol. The fraction of sp³-hybridized carbons (Fsp3) is 0.667. The maximum absolute atomic E-state index is 11.3. The first-order chi connectivity index (χ1) is 8.15. The van der Waals surface area contributed by atoms with Crippen molar-refractivity contribution in [3.05, 3.63) is 18.2 Å². The van der Waals surface area contributed by atoms with E-state index in [9.17, 15) is 9.90 Å². The molecule has 0 bridgehead atoms. The van der Waals surface area contributed by atoms with Crippen LogP contribution in [0, 0.1) is 5.92 Å². The standard InChI is InChI=1S/C12H17N3O2/c1-14-6-11(13-7-14)9-4-15(8-2-3-8)5-10(9)12(16)17/h6-10H,2-5H2,1H3,(H,16,17)/t9-,10-/m1/s1. The smallest absolute Gasteiger partial charge is 0.308 e. The van der Waals surface area contributed by atoms with E-state index >= 15 is 0 Å². The second kappa shape index (κ2) is 3.84. The SMILES string of the molecule is Cn1cnc([C@@H]2CN(C3CC3)C[C@H]2C(=O)O)c1. The summed E-state index contributed by atoms with van der Waals surface area (Å²) < 4.78 is 1.88. The molecule has 5 heteroatoms. The second-order valence-corrected chi connectivity index (χ2v) is 5.20. The van der Waals surface area contributed by atoms with Gasteiger partial charge in [-0.05, 0) is 12.8 Å². The van der Waals surface area contributed by atoms with Gasteiger partial charge in [0.25, 0.3) is 0 Å². The molecule has 2 atom stereocenters. The average Bonchev–Trinajstić information content (AvgIpc) is 2.88. The Bertz CT molecular complexity index is 439. The molecule has 1 aromatic heterocycles. The molecule has 0 amide bonds. The van der Waals surface area contributed by atoms with Crippen molar-refractivity contribution >= 4 is 5.97 Å². The molecular formula is C12H17N3O2. The molecule has 1 N–H and O–H groups in total. The van der Waals surface area contributed by atoms with E-state index in [0.717, 1.165) is 12.2 Å². The van der Waals surface area contributed by atoms with Crippen molar-refractivity contribution in [1.82, 2.24) is 14.5 Å². The van der Waals surface area contributed by atoms with Crippen LogP contribution in [0.25, 0.3) is 0 Å². The van der Waals surface area contributed by atoms with Gasteiger partial charge in [0, 0.05) is 38.3 Å². The van der Waals surface area contributed by atoms with Crippen LogP contribution in [0.5, 0.6) is 0 Å². The lowest BCUT2D eigenvalue weighted by molar-refractivity contribution is -0.141. The van der Waals surface area contributed by atoms with Crippen LogP contribution in [0.2, 0.25) is 0 Å². The molecular weight excluding hydrogens is 218 g/mol. The quantitative estimate of drug-likeness (QED) is 0.837. The Labute approximate surface area is 100 Å². The zero-order valence-corrected chi connectivity index (χ0v) is 9.91. The summed E-state index contributed by atoms with van der Waals surface area (Å²) in [4.78, 5) is 18.0. The summed E-state index contributed by atoms with van der Waals surface area (Å²) in [6.45, 7) is 1.53. The van der Waals surface area contributed by atoms with E-state index in [0.29, 0.717) is 12.6 Å². The molecule has 2 heterocycles. The van der Waals surface area contributed by atoms with E-state index in [1.54, 1.807) is 6.33 Å². The molecule has 0 aromatic carbocycles. The van der Waals surface area contributed by atoms with Gasteiger partial charge >= 0.3 is 5.97 Å². The summed E-state index contributed by atoms with van der Waals surface area (Å²) >= 11 is 0. The van der Waals surface area contributed by atoms with Gasteiger partial charge in [0.05, 0.1) is 17.9 Å². The van der Waals surface area contributed by atoms with Gasteiger partial charge in [0.2, 0.25) is 0 Å². The number of carboxylic acid groups (broad SMARTS) is 1. The number of aryl methyl sites for hydroxylation is 1. The Morgan fingerprint density at radius 2 is 2.24 bits per heavy atom. The van der Waals surface area contributed by atoms with E-state index < -0.39 is 5.97 Å². The van der Waals surface area contributed by atoms with Crippen molar-refractivity contribution in [3.63, 3.8) is 0 Å². The number of aromatic nitrogens is 2. The molecule has 0 spiro atoms. The zero-order valence-electron chi connectivity index (χ0n) is 9.91. The number of nitrogens with zero attached hydrogens (tertiary/aromatic N) is 3. The van der Waals surface area contributed by atoms with Crippen LogP contribution in [0.15, 0.2) is 12.5 Å². The Kier molecular flexibility index (Phi) is 2.43. The Morgan fingerprint density at radius 3 is 2.76 bits per heavy atom. The fourth-order valence-corrected chi connectivity index (χ4v) is 2.75. The number of carbonyl (C=O) groups is 1. The van der Waals surface area contributed by atoms with Crippen molar-refractivity contribution in [1.29, 1.82) is 0 Å². The summed E-state index contributed by atoms with van der Waals surface area (Å²) in [6, 6.07) is 0.630. The van der Waals surface area contributed by atoms with Gasteiger partial charge in [-0.3, -0.25) is 9.69 Å². The first kappa shape index (κ1) is 10.8. The molecule has 1 aliphatic carbocycles. The first-order valence-electron chi connectivity index (χ1n) is 6.10. The highest BCUT2D eigenvalue weighted by atomic mass is 16.4. The summed E-state index contributed by atoms with van der Waals surface area (Å²) in [5.41, 5.74) is 0.919. The van der Waals surface area contributed by atoms with Gasteiger partial charge in [0.1, 0.15) is 0 Å². The third kappa shape index (κ3) is 1.95. The zero-order chi connectivity index (χ0) is 12.0. The molecule has 2 aliphatic rings. The van der Waals surface area contributed by atoms with E-state index in [2.05, 4.69) is 9.88 Å². The van der Waals surface area contributed by atoms with E-state index in [-0.39, 0.29) is 11.8 Å². The molecule has 5 nitrogen and oxygen atoms in total. The fourth-order valence-electron chi connectivity index (χ4n) is 2.75. The van der Waals surface area contributed by atoms with Crippen LogP contribution in [0.4, 0.5) is 0 Å². The lowest BCUT2D eigenvalue weighted by Crippen LogP contribution is -2.25. The summed E-state index contributed by atoms with van der Waals surface area (Å²) in [7, 11) is 1.92. The highest BCUT2D eigenvalue weighted by molar-refractivity contribution is 5.72. The van der Waals surface area contributed by atoms with Gasteiger partial charge in [-0.25, -0.2) is 4.98 Å². The monoisotopic (exact) mass is 235 g/mol. The molecule has 1 aromatic rings. The molecule has 1 saturated heterocycles. The maximum atomic E-state index is 11.3. The molecule has 0 unspecified atom stereocenters. The van der Waals surface area contributed by atoms with Crippen LogP contribution in [-0.2, 0) is 11.8 Å². The van der Waals surface area contributed by atoms with Crippen molar-refractivity contribution in [2.24, 2.45) is 13.0 Å². The third-order valence-electron chi connectivity index (χ3n) is 3.83. The average molecular weight is 235 g/mol. The van der Waals surface area contributed by atoms with E-state index in [4.69, 9.17) is 0 Å². The predicted octanol–water partition coefficient (Wildman–Crippen LogP) is 0.682. The number of imidazole rings is 1. The maximum Gasteiger partial charge on any atom is 0.308 e. The van der Waals surface area contributed by atoms with E-state index in [1.807, 2.05) is 17.8 Å². The van der Waals surface area contributed by atoms with E-state index in [1.165, 1.54) is 12.8 Å². The topological polar surface area (TPSA) is 58.4 Å². The molecule has 17 heavy (non-hydrogen) atoms. The minimum absolute atomic E-state index is 0.0503. The number of aliphatic carboxylic acids is 1. The van der Waals surface area contributed by atoms with Crippen LogP contribution >= 0.6 is 0 Å². The van der Waals surface area contributed by atoms with Gasteiger partial charge < -0.3 is 9.67 Å². The second-order valence-electron chi connectivity index (χ2n) is 5.20. The summed E-state index contributed by atoms with van der Waals surface area (Å²) in [6.07, 6.45) is 6.13. The molecule has 0 radical (unpaired) electrons. The summed E-state index contributed by atoms with van der Waals surface area (Å²) in [5.74, 6) is -0.941. The number of carboxylic acids is 1. The van der Waals surface area contributed by atoms with Crippen molar-refractivity contribution in [3.8, 4) is 0 Å². The molecule has 2 fully saturated rings. The van der Waals surface area contributed by atoms with Crippen LogP contribution in [-0.4, -0.2) is 44.7 Å². The molecule has 3 rings (SSSR count). The minimum atomic E-state index is -0.691. The number of likely N-dealkylation sites (tertiary alicyclic amines) is 1. The first-order valence-corrected chi connectivity index (χ1v) is 6.10. The Balaban J connectivity index is 1.83. The summed E-state index contributed by atoms with van der Waals surface area (Å²) in [5, 5.41) is 9.31. The largest absolute Gasteiger partial charge is 0.481 e. The molecule has 1 aliphatic heterocycles. The Hall–Kier alpha value is -1.36. The van der Waals surface area contributed by atoms with Crippen molar-refractivity contribution in [2.75, 3.05) is 13.1 Å². The van der Waals surface area contributed by atoms with Crippen LogP contribution in [0.3, 0.4) is 0 Å². The lowest BCUT2D eigenvalue weighted by atomic mass is 9.94. The van der Waals surface area contributed by atoms with Gasteiger partial charge in [0.15, 0.2) is 0 Å². The highest BCUT2D eigenvalue weighted by Crippen LogP contribution is 2.38. The molecule has 92 valence electrons. The van der Waals surface area contributed by atoms with Gasteiger partial charge in [-0.15, -0.1) is 0 Å². The lowest BCUT2D eigenvalue weighted by Gasteiger charge is -2.13. The Morgan fingerprint density at radius 1 is 1.47 bits per heavy atom. The molecule has 1 saturated carbocycles. The van der Waals surface area contributed by atoms with Crippen LogP contribution in [0.1, 0.15) is 24.5 Å². The van der Waals surface area contributed by atoms with Gasteiger partial charge in [-0.1, -0.05) is 0 Å². The minimum Gasteiger partial charge on any atom is -0.481 e. The number of rotatable bonds is 3. The highest BCUT2D eigenvalue weighted by Gasteiger charge is 2.44.